The Morgan fingerprint density at radius 2 is 1.85 bits per heavy atom. The van der Waals surface area contributed by atoms with Crippen LogP contribution in [0, 0.1) is 19.7 Å². The SMILES string of the molecule is Cc1cccc(CCC(NN)c2cc(C)ccc2F)c1. The Morgan fingerprint density at radius 1 is 1.10 bits per heavy atom. The van der Waals surface area contributed by atoms with Crippen LogP contribution in [0.5, 0.6) is 0 Å². The van der Waals surface area contributed by atoms with Crippen molar-refractivity contribution in [3.8, 4) is 0 Å². The van der Waals surface area contributed by atoms with Gasteiger partial charge in [-0.05, 0) is 38.3 Å². The summed E-state index contributed by atoms with van der Waals surface area (Å²) in [6.07, 6.45) is 1.63. The first-order valence-electron chi connectivity index (χ1n) is 6.88. The van der Waals surface area contributed by atoms with Crippen LogP contribution in [-0.4, -0.2) is 0 Å². The van der Waals surface area contributed by atoms with Crippen LogP contribution in [0.1, 0.15) is 34.7 Å². The number of halogens is 1. The van der Waals surface area contributed by atoms with E-state index in [0.717, 1.165) is 18.4 Å². The molecular weight excluding hydrogens is 251 g/mol. The zero-order valence-electron chi connectivity index (χ0n) is 12.0. The van der Waals surface area contributed by atoms with E-state index in [0.29, 0.717) is 5.56 Å². The van der Waals surface area contributed by atoms with Gasteiger partial charge in [-0.15, -0.1) is 0 Å². The summed E-state index contributed by atoms with van der Waals surface area (Å²) in [7, 11) is 0. The van der Waals surface area contributed by atoms with Crippen molar-refractivity contribution in [3.05, 3.63) is 70.5 Å². The smallest absolute Gasteiger partial charge is 0.128 e. The third-order valence-corrected chi connectivity index (χ3v) is 3.53. The third kappa shape index (κ3) is 3.65. The topological polar surface area (TPSA) is 38.0 Å². The Hall–Kier alpha value is -1.71. The van der Waals surface area contributed by atoms with Crippen LogP contribution in [-0.2, 0) is 6.42 Å². The molecule has 0 spiro atoms. The summed E-state index contributed by atoms with van der Waals surface area (Å²) in [6.45, 7) is 4.03. The van der Waals surface area contributed by atoms with E-state index in [1.807, 2.05) is 19.1 Å². The maximum atomic E-state index is 13.9. The van der Waals surface area contributed by atoms with E-state index in [-0.39, 0.29) is 11.9 Å². The van der Waals surface area contributed by atoms with Crippen LogP contribution in [0.3, 0.4) is 0 Å². The molecule has 3 N–H and O–H groups in total. The molecule has 0 heterocycles. The molecule has 0 radical (unpaired) electrons. The molecule has 0 amide bonds. The lowest BCUT2D eigenvalue weighted by Crippen LogP contribution is -2.29. The largest absolute Gasteiger partial charge is 0.271 e. The van der Waals surface area contributed by atoms with Crippen molar-refractivity contribution in [2.75, 3.05) is 0 Å². The van der Waals surface area contributed by atoms with E-state index < -0.39 is 0 Å². The second-order valence-electron chi connectivity index (χ2n) is 5.27. The molecule has 0 aliphatic rings. The summed E-state index contributed by atoms with van der Waals surface area (Å²) in [5.41, 5.74) is 6.90. The lowest BCUT2D eigenvalue weighted by atomic mass is 9.97. The van der Waals surface area contributed by atoms with Crippen LogP contribution < -0.4 is 11.3 Å². The van der Waals surface area contributed by atoms with Gasteiger partial charge in [0.15, 0.2) is 0 Å². The Bertz CT molecular complexity index is 581. The number of aryl methyl sites for hydroxylation is 3. The minimum Gasteiger partial charge on any atom is -0.271 e. The molecule has 0 aromatic heterocycles. The predicted molar refractivity (Wildman–Crippen MR) is 80.7 cm³/mol. The van der Waals surface area contributed by atoms with Crippen molar-refractivity contribution in [2.45, 2.75) is 32.7 Å². The quantitative estimate of drug-likeness (QED) is 0.645. The van der Waals surface area contributed by atoms with Crippen molar-refractivity contribution in [1.29, 1.82) is 0 Å². The number of hydrogen-bond donors (Lipinski definition) is 2. The fraction of sp³-hybridized carbons (Fsp3) is 0.294. The van der Waals surface area contributed by atoms with Crippen molar-refractivity contribution in [1.82, 2.24) is 5.43 Å². The lowest BCUT2D eigenvalue weighted by Gasteiger charge is -2.17. The summed E-state index contributed by atoms with van der Waals surface area (Å²) in [6, 6.07) is 13.3. The van der Waals surface area contributed by atoms with Gasteiger partial charge < -0.3 is 0 Å². The van der Waals surface area contributed by atoms with Gasteiger partial charge in [0.25, 0.3) is 0 Å². The number of hydrazine groups is 1. The third-order valence-electron chi connectivity index (χ3n) is 3.53. The summed E-state index contributed by atoms with van der Waals surface area (Å²) >= 11 is 0. The molecule has 2 rings (SSSR count). The molecule has 3 heteroatoms. The van der Waals surface area contributed by atoms with Gasteiger partial charge >= 0.3 is 0 Å². The highest BCUT2D eigenvalue weighted by atomic mass is 19.1. The number of rotatable bonds is 5. The maximum Gasteiger partial charge on any atom is 0.128 e. The van der Waals surface area contributed by atoms with Gasteiger partial charge in [0.1, 0.15) is 5.82 Å². The summed E-state index contributed by atoms with van der Waals surface area (Å²) in [5.74, 6) is 5.40. The second kappa shape index (κ2) is 6.64. The number of nitrogens with two attached hydrogens (primary N) is 1. The van der Waals surface area contributed by atoms with Crippen molar-refractivity contribution >= 4 is 0 Å². The van der Waals surface area contributed by atoms with Crippen molar-refractivity contribution in [2.24, 2.45) is 5.84 Å². The molecule has 0 fully saturated rings. The van der Waals surface area contributed by atoms with Crippen molar-refractivity contribution in [3.63, 3.8) is 0 Å². The molecule has 0 saturated heterocycles. The molecule has 0 aliphatic carbocycles. The Morgan fingerprint density at radius 3 is 2.55 bits per heavy atom. The molecule has 20 heavy (non-hydrogen) atoms. The summed E-state index contributed by atoms with van der Waals surface area (Å²) in [4.78, 5) is 0. The second-order valence-corrected chi connectivity index (χ2v) is 5.27. The highest BCUT2D eigenvalue weighted by Crippen LogP contribution is 2.22. The lowest BCUT2D eigenvalue weighted by molar-refractivity contribution is 0.485. The Balaban J connectivity index is 2.11. The van der Waals surface area contributed by atoms with Gasteiger partial charge in [-0.3, -0.25) is 11.3 Å². The van der Waals surface area contributed by atoms with Crippen molar-refractivity contribution < 1.29 is 4.39 Å². The average Bonchev–Trinajstić information content (AvgIpc) is 2.43. The van der Waals surface area contributed by atoms with Gasteiger partial charge in [0, 0.05) is 11.6 Å². The molecule has 1 unspecified atom stereocenters. The van der Waals surface area contributed by atoms with Crippen LogP contribution in [0.15, 0.2) is 42.5 Å². The fourth-order valence-corrected chi connectivity index (χ4v) is 2.44. The first-order valence-corrected chi connectivity index (χ1v) is 6.88. The van der Waals surface area contributed by atoms with E-state index in [1.54, 1.807) is 6.07 Å². The molecule has 106 valence electrons. The zero-order valence-corrected chi connectivity index (χ0v) is 12.0. The molecule has 2 nitrogen and oxygen atoms in total. The first kappa shape index (κ1) is 14.7. The molecule has 0 bridgehead atoms. The molecule has 1 atom stereocenters. The highest BCUT2D eigenvalue weighted by molar-refractivity contribution is 5.28. The van der Waals surface area contributed by atoms with E-state index in [2.05, 4.69) is 30.5 Å². The Labute approximate surface area is 119 Å². The summed E-state index contributed by atoms with van der Waals surface area (Å²) < 4.78 is 13.9. The molecule has 0 aliphatic heterocycles. The van der Waals surface area contributed by atoms with E-state index >= 15 is 0 Å². The van der Waals surface area contributed by atoms with Gasteiger partial charge in [-0.1, -0.05) is 47.5 Å². The van der Waals surface area contributed by atoms with E-state index in [9.17, 15) is 4.39 Å². The van der Waals surface area contributed by atoms with E-state index in [1.165, 1.54) is 17.2 Å². The minimum absolute atomic E-state index is 0.171. The van der Waals surface area contributed by atoms with Gasteiger partial charge in [0.2, 0.25) is 0 Å². The molecule has 0 saturated carbocycles. The Kier molecular flexibility index (Phi) is 4.88. The van der Waals surface area contributed by atoms with Gasteiger partial charge in [-0.25, -0.2) is 4.39 Å². The predicted octanol–water partition coefficient (Wildman–Crippen LogP) is 3.58. The molecular formula is C17H21FN2. The number of hydrogen-bond acceptors (Lipinski definition) is 2. The zero-order chi connectivity index (χ0) is 14.5. The average molecular weight is 272 g/mol. The molecule has 2 aromatic carbocycles. The van der Waals surface area contributed by atoms with E-state index in [4.69, 9.17) is 5.84 Å². The maximum absolute atomic E-state index is 13.9. The van der Waals surface area contributed by atoms with Crippen LogP contribution in [0.4, 0.5) is 4.39 Å². The summed E-state index contributed by atoms with van der Waals surface area (Å²) in [5, 5.41) is 0. The standard InChI is InChI=1S/C17H21FN2/c1-12-4-3-5-14(10-12)7-9-17(20-19)15-11-13(2)6-8-16(15)18/h3-6,8,10-11,17,20H,7,9,19H2,1-2H3. The fourth-order valence-electron chi connectivity index (χ4n) is 2.44. The normalized spacial score (nSPS) is 12.4. The first-order chi connectivity index (χ1) is 9.60. The number of benzene rings is 2. The molecule has 2 aromatic rings. The van der Waals surface area contributed by atoms with Crippen LogP contribution in [0.25, 0.3) is 0 Å². The highest BCUT2D eigenvalue weighted by Gasteiger charge is 2.14. The minimum atomic E-state index is -0.206. The van der Waals surface area contributed by atoms with Gasteiger partial charge in [-0.2, -0.15) is 0 Å². The van der Waals surface area contributed by atoms with Crippen LogP contribution in [0.2, 0.25) is 0 Å². The number of nitrogens with one attached hydrogen (secondary N) is 1. The monoisotopic (exact) mass is 272 g/mol. The van der Waals surface area contributed by atoms with Gasteiger partial charge in [0.05, 0.1) is 0 Å². The van der Waals surface area contributed by atoms with Crippen LogP contribution >= 0.6 is 0 Å².